The van der Waals surface area contributed by atoms with Crippen molar-refractivity contribution in [1.29, 1.82) is 0 Å². The van der Waals surface area contributed by atoms with E-state index in [1.807, 2.05) is 0 Å². The SMILES string of the molecule is Cl.NCC(=O)c1ncsc1C(F)(F)F. The molecule has 1 aromatic heterocycles. The summed E-state index contributed by atoms with van der Waals surface area (Å²) in [7, 11) is 0. The average molecular weight is 247 g/mol. The first kappa shape index (κ1) is 13.3. The van der Waals surface area contributed by atoms with E-state index in [9.17, 15) is 18.0 Å². The van der Waals surface area contributed by atoms with Crippen molar-refractivity contribution in [2.45, 2.75) is 6.18 Å². The van der Waals surface area contributed by atoms with Crippen LogP contribution >= 0.6 is 23.7 Å². The third kappa shape index (κ3) is 2.66. The fourth-order valence-electron chi connectivity index (χ4n) is 0.743. The molecule has 14 heavy (non-hydrogen) atoms. The number of alkyl halides is 3. The summed E-state index contributed by atoms with van der Waals surface area (Å²) in [5.41, 5.74) is 5.32. The standard InChI is InChI=1S/C6H5F3N2OS.ClH/c7-6(8,9)5-4(3(12)1-10)11-2-13-5;/h2H,1,10H2;1H. The van der Waals surface area contributed by atoms with Crippen LogP contribution in [0.2, 0.25) is 0 Å². The number of hydrogen-bond acceptors (Lipinski definition) is 4. The van der Waals surface area contributed by atoms with Gasteiger partial charge in [0.05, 0.1) is 12.1 Å². The molecule has 0 aliphatic heterocycles. The second-order valence-electron chi connectivity index (χ2n) is 2.16. The minimum absolute atomic E-state index is 0. The molecule has 1 rings (SSSR count). The van der Waals surface area contributed by atoms with Gasteiger partial charge in [0.25, 0.3) is 0 Å². The molecular formula is C6H6ClF3N2OS. The second kappa shape index (κ2) is 4.72. The van der Waals surface area contributed by atoms with Gasteiger partial charge < -0.3 is 5.73 Å². The van der Waals surface area contributed by atoms with Crippen LogP contribution in [0.1, 0.15) is 15.4 Å². The van der Waals surface area contributed by atoms with E-state index in [1.165, 1.54) is 0 Å². The predicted molar refractivity (Wildman–Crippen MR) is 47.7 cm³/mol. The molecule has 0 aliphatic rings. The van der Waals surface area contributed by atoms with Gasteiger partial charge in [0.15, 0.2) is 5.78 Å². The summed E-state index contributed by atoms with van der Waals surface area (Å²) in [4.78, 5) is 13.2. The van der Waals surface area contributed by atoms with Crippen LogP contribution in [-0.2, 0) is 6.18 Å². The van der Waals surface area contributed by atoms with Crippen LogP contribution in [0.4, 0.5) is 13.2 Å². The maximum Gasteiger partial charge on any atom is 0.427 e. The Labute approximate surface area is 87.5 Å². The largest absolute Gasteiger partial charge is 0.427 e. The number of thiazole rings is 1. The zero-order valence-electron chi connectivity index (χ0n) is 6.67. The molecule has 2 N–H and O–H groups in total. The monoisotopic (exact) mass is 246 g/mol. The molecule has 0 aromatic carbocycles. The molecule has 0 saturated heterocycles. The van der Waals surface area contributed by atoms with Gasteiger partial charge >= 0.3 is 6.18 Å². The third-order valence-electron chi connectivity index (χ3n) is 1.27. The van der Waals surface area contributed by atoms with E-state index in [4.69, 9.17) is 5.73 Å². The van der Waals surface area contributed by atoms with Gasteiger partial charge in [-0.3, -0.25) is 4.79 Å². The lowest BCUT2D eigenvalue weighted by atomic mass is 10.2. The van der Waals surface area contributed by atoms with Crippen molar-refractivity contribution >= 4 is 29.5 Å². The molecule has 0 spiro atoms. The molecule has 0 radical (unpaired) electrons. The van der Waals surface area contributed by atoms with Gasteiger partial charge in [-0.15, -0.1) is 23.7 Å². The smallest absolute Gasteiger partial charge is 0.324 e. The highest BCUT2D eigenvalue weighted by Gasteiger charge is 2.37. The van der Waals surface area contributed by atoms with Crippen LogP contribution in [0.15, 0.2) is 5.51 Å². The quantitative estimate of drug-likeness (QED) is 0.809. The Bertz CT molecular complexity index is 325. The lowest BCUT2D eigenvalue weighted by Gasteiger charge is -2.03. The Morgan fingerprint density at radius 1 is 1.57 bits per heavy atom. The molecule has 0 atom stereocenters. The maximum atomic E-state index is 12.2. The van der Waals surface area contributed by atoms with Crippen molar-refractivity contribution in [3.8, 4) is 0 Å². The number of nitrogens with zero attached hydrogens (tertiary/aromatic N) is 1. The third-order valence-corrected chi connectivity index (χ3v) is 2.15. The summed E-state index contributed by atoms with van der Waals surface area (Å²) < 4.78 is 36.5. The van der Waals surface area contributed by atoms with Crippen molar-refractivity contribution in [3.63, 3.8) is 0 Å². The highest BCUT2D eigenvalue weighted by atomic mass is 35.5. The number of carbonyl (C=O) groups excluding carboxylic acids is 1. The van der Waals surface area contributed by atoms with E-state index in [1.54, 1.807) is 0 Å². The van der Waals surface area contributed by atoms with E-state index in [0.29, 0.717) is 11.3 Å². The molecule has 1 aromatic rings. The molecule has 0 aliphatic carbocycles. The van der Waals surface area contributed by atoms with E-state index >= 15 is 0 Å². The summed E-state index contributed by atoms with van der Waals surface area (Å²) >= 11 is 0.388. The Morgan fingerprint density at radius 2 is 2.14 bits per heavy atom. The average Bonchev–Trinajstić information content (AvgIpc) is 2.49. The Morgan fingerprint density at radius 3 is 2.57 bits per heavy atom. The first-order chi connectivity index (χ1) is 5.96. The van der Waals surface area contributed by atoms with E-state index in [2.05, 4.69) is 4.98 Å². The molecule has 0 amide bonds. The van der Waals surface area contributed by atoms with Crippen LogP contribution in [0.25, 0.3) is 0 Å². The molecule has 80 valence electrons. The van der Waals surface area contributed by atoms with Gasteiger partial charge in [0, 0.05) is 0 Å². The number of ketones is 1. The molecule has 0 fully saturated rings. The summed E-state index contributed by atoms with van der Waals surface area (Å²) in [6.45, 7) is -0.465. The summed E-state index contributed by atoms with van der Waals surface area (Å²) in [6.07, 6.45) is -4.53. The first-order valence-electron chi connectivity index (χ1n) is 3.20. The lowest BCUT2D eigenvalue weighted by molar-refractivity contribution is -0.134. The number of Topliss-reactive ketones (excluding diaryl/α,β-unsaturated/α-hetero) is 1. The van der Waals surface area contributed by atoms with Gasteiger partial charge in [0.1, 0.15) is 10.6 Å². The number of nitrogens with two attached hydrogens (primary N) is 1. The van der Waals surface area contributed by atoms with Crippen LogP contribution in [0.5, 0.6) is 0 Å². The normalized spacial score (nSPS) is 10.9. The second-order valence-corrected chi connectivity index (χ2v) is 3.01. The molecular weight excluding hydrogens is 241 g/mol. The Hall–Kier alpha value is -0.660. The number of aromatic nitrogens is 1. The van der Waals surface area contributed by atoms with E-state index in [0.717, 1.165) is 5.51 Å². The minimum atomic E-state index is -4.53. The fourth-order valence-corrected chi connectivity index (χ4v) is 1.42. The number of hydrogen-bond donors (Lipinski definition) is 1. The van der Waals surface area contributed by atoms with Gasteiger partial charge in [0.2, 0.25) is 0 Å². The van der Waals surface area contributed by atoms with Crippen LogP contribution in [-0.4, -0.2) is 17.3 Å². The molecule has 0 saturated carbocycles. The zero-order chi connectivity index (χ0) is 10.1. The first-order valence-corrected chi connectivity index (χ1v) is 4.08. The van der Waals surface area contributed by atoms with Crippen molar-refractivity contribution < 1.29 is 18.0 Å². The predicted octanol–water partition coefficient (Wildman–Crippen LogP) is 1.73. The van der Waals surface area contributed by atoms with Gasteiger partial charge in [-0.25, -0.2) is 4.98 Å². The minimum Gasteiger partial charge on any atom is -0.324 e. The van der Waals surface area contributed by atoms with Gasteiger partial charge in [-0.05, 0) is 0 Å². The lowest BCUT2D eigenvalue weighted by Crippen LogP contribution is -2.18. The van der Waals surface area contributed by atoms with Crippen LogP contribution < -0.4 is 5.73 Å². The van der Waals surface area contributed by atoms with Crippen LogP contribution in [0, 0.1) is 0 Å². The van der Waals surface area contributed by atoms with Crippen molar-refractivity contribution in [1.82, 2.24) is 4.98 Å². The van der Waals surface area contributed by atoms with Crippen LogP contribution in [0.3, 0.4) is 0 Å². The molecule has 3 nitrogen and oxygen atoms in total. The van der Waals surface area contributed by atoms with Gasteiger partial charge in [-0.2, -0.15) is 13.2 Å². The molecule has 0 bridgehead atoms. The maximum absolute atomic E-state index is 12.2. The zero-order valence-corrected chi connectivity index (χ0v) is 8.30. The number of halogens is 4. The topological polar surface area (TPSA) is 56.0 Å². The van der Waals surface area contributed by atoms with E-state index in [-0.39, 0.29) is 12.4 Å². The van der Waals surface area contributed by atoms with Crippen molar-refractivity contribution in [3.05, 3.63) is 16.1 Å². The van der Waals surface area contributed by atoms with E-state index < -0.39 is 29.1 Å². The Kier molecular flexibility index (Phi) is 4.50. The van der Waals surface area contributed by atoms with Crippen molar-refractivity contribution in [2.24, 2.45) is 5.73 Å². The highest BCUT2D eigenvalue weighted by Crippen LogP contribution is 2.34. The number of carbonyl (C=O) groups is 1. The van der Waals surface area contributed by atoms with Crippen molar-refractivity contribution in [2.75, 3.05) is 6.54 Å². The number of rotatable bonds is 2. The summed E-state index contributed by atoms with van der Waals surface area (Å²) in [5.74, 6) is -0.798. The fraction of sp³-hybridized carbons (Fsp3) is 0.333. The molecule has 0 unspecified atom stereocenters. The molecule has 8 heteroatoms. The molecule has 1 heterocycles. The highest BCUT2D eigenvalue weighted by molar-refractivity contribution is 7.10. The van der Waals surface area contributed by atoms with Gasteiger partial charge in [-0.1, -0.05) is 0 Å². The Balaban J connectivity index is 0.00000169. The summed E-state index contributed by atoms with van der Waals surface area (Å²) in [6, 6.07) is 0. The summed E-state index contributed by atoms with van der Waals surface area (Å²) in [5, 5.41) is 0.